The van der Waals surface area contributed by atoms with Gasteiger partial charge in [0.2, 0.25) is 0 Å². The second kappa shape index (κ2) is 15.7. The van der Waals surface area contributed by atoms with Gasteiger partial charge in [-0.2, -0.15) is 15.4 Å². The molecule has 0 bridgehead atoms. The van der Waals surface area contributed by atoms with Crippen molar-refractivity contribution in [3.63, 3.8) is 0 Å². The molecule has 298 valence electrons. The van der Waals surface area contributed by atoms with Crippen molar-refractivity contribution in [2.24, 2.45) is 0 Å². The standard InChI is InChI=1S/C22H18N4O3.C22H21N3O4S/c1-13-5-4-8-18-21(13)14(11-23-18)9-19-16-6-2-3-7-17(16)22(28)26(24-19)12-15-10-20(27)25-29-15;1-14-6-5-9-19-21(14)15(11-23-19)10-20-17-7-3-4-8-18(17)22(27)25(24-20)12-16(26)13-30(2,28)29/h2-8,10-11,23H,9,12H2,1H3,(H,25,27);3-9,11,23H,10,12-13H2,1-2H3. The maximum Gasteiger partial charge on any atom is 0.280 e. The molecule has 0 spiro atoms. The average molecular weight is 810 g/mol. The maximum atomic E-state index is 12.9. The van der Waals surface area contributed by atoms with E-state index < -0.39 is 26.9 Å². The number of carbonyl (C=O) groups excluding carboxylic acids is 1. The molecule has 0 aliphatic heterocycles. The number of rotatable bonds is 10. The highest BCUT2D eigenvalue weighted by Gasteiger charge is 2.18. The molecule has 5 aromatic heterocycles. The summed E-state index contributed by atoms with van der Waals surface area (Å²) in [6.07, 6.45) is 5.95. The first kappa shape index (κ1) is 38.7. The van der Waals surface area contributed by atoms with Gasteiger partial charge >= 0.3 is 0 Å². The Morgan fingerprint density at radius 2 is 1.17 bits per heavy atom. The summed E-state index contributed by atoms with van der Waals surface area (Å²) in [4.78, 5) is 55.9. The van der Waals surface area contributed by atoms with Gasteiger partial charge < -0.3 is 14.5 Å². The van der Waals surface area contributed by atoms with Gasteiger partial charge in [-0.3, -0.25) is 19.2 Å². The van der Waals surface area contributed by atoms with E-state index in [-0.39, 0.29) is 24.2 Å². The molecular formula is C44H39N7O7S. The second-order valence-electron chi connectivity index (χ2n) is 14.7. The molecular weight excluding hydrogens is 771 g/mol. The summed E-state index contributed by atoms with van der Waals surface area (Å²) in [7, 11) is -3.48. The molecule has 15 heteroatoms. The van der Waals surface area contributed by atoms with Gasteiger partial charge in [-0.05, 0) is 60.4 Å². The number of ketones is 1. The van der Waals surface area contributed by atoms with Gasteiger partial charge in [-0.15, -0.1) is 0 Å². The summed E-state index contributed by atoms with van der Waals surface area (Å²) in [6.45, 7) is 3.83. The first-order valence-electron chi connectivity index (χ1n) is 18.8. The molecule has 0 saturated heterocycles. The summed E-state index contributed by atoms with van der Waals surface area (Å²) in [5, 5.41) is 16.2. The van der Waals surface area contributed by atoms with Crippen molar-refractivity contribution in [2.75, 3.05) is 12.0 Å². The molecule has 0 radical (unpaired) electrons. The maximum absolute atomic E-state index is 12.9. The van der Waals surface area contributed by atoms with E-state index in [9.17, 15) is 27.6 Å². The zero-order chi connectivity index (χ0) is 41.4. The zero-order valence-corrected chi connectivity index (χ0v) is 33.2. The number of nitrogens with one attached hydrogen (secondary N) is 3. The van der Waals surface area contributed by atoms with E-state index in [0.717, 1.165) is 60.5 Å². The molecule has 0 fully saturated rings. The van der Waals surface area contributed by atoms with E-state index in [4.69, 9.17) is 4.52 Å². The number of aryl methyl sites for hydroxylation is 2. The monoisotopic (exact) mass is 809 g/mol. The highest BCUT2D eigenvalue weighted by molar-refractivity contribution is 7.91. The van der Waals surface area contributed by atoms with E-state index >= 15 is 0 Å². The topological polar surface area (TPSA) is 199 Å². The lowest BCUT2D eigenvalue weighted by molar-refractivity contribution is -0.117. The molecule has 9 aromatic rings. The first-order valence-corrected chi connectivity index (χ1v) is 20.8. The molecule has 0 aliphatic carbocycles. The fraction of sp³-hybridized carbons (Fsp3) is 0.182. The molecule has 4 aromatic carbocycles. The van der Waals surface area contributed by atoms with Crippen LogP contribution in [0.4, 0.5) is 0 Å². The minimum absolute atomic E-state index is 0.0856. The molecule has 5 heterocycles. The molecule has 3 N–H and O–H groups in total. The van der Waals surface area contributed by atoms with E-state index in [2.05, 4.69) is 38.3 Å². The molecule has 14 nitrogen and oxygen atoms in total. The molecule has 59 heavy (non-hydrogen) atoms. The van der Waals surface area contributed by atoms with Crippen LogP contribution in [0, 0.1) is 13.8 Å². The average Bonchev–Trinajstić information content (AvgIpc) is 3.94. The summed E-state index contributed by atoms with van der Waals surface area (Å²) >= 11 is 0. The van der Waals surface area contributed by atoms with E-state index in [0.29, 0.717) is 35.1 Å². The molecule has 0 aliphatic rings. The Balaban J connectivity index is 0.000000164. The van der Waals surface area contributed by atoms with Crippen molar-refractivity contribution < 1.29 is 17.7 Å². The quantitative estimate of drug-likeness (QED) is 0.160. The van der Waals surface area contributed by atoms with E-state index in [1.165, 1.54) is 21.7 Å². The number of hydrogen-bond donors (Lipinski definition) is 3. The van der Waals surface area contributed by atoms with Crippen LogP contribution < -0.4 is 16.7 Å². The fourth-order valence-corrected chi connectivity index (χ4v) is 8.36. The van der Waals surface area contributed by atoms with Crippen molar-refractivity contribution in [1.29, 1.82) is 0 Å². The first-order chi connectivity index (χ1) is 28.3. The van der Waals surface area contributed by atoms with Crippen LogP contribution in [-0.2, 0) is 40.6 Å². The smallest absolute Gasteiger partial charge is 0.280 e. The van der Waals surface area contributed by atoms with Gasteiger partial charge in [-0.25, -0.2) is 17.8 Å². The number of aromatic amines is 3. The molecule has 0 saturated carbocycles. The number of nitrogens with zero attached hydrogens (tertiary/aromatic N) is 4. The second-order valence-corrected chi connectivity index (χ2v) is 16.8. The van der Waals surface area contributed by atoms with Crippen LogP contribution in [0.5, 0.6) is 0 Å². The van der Waals surface area contributed by atoms with Crippen LogP contribution in [0.25, 0.3) is 43.4 Å². The number of benzene rings is 4. The van der Waals surface area contributed by atoms with Crippen molar-refractivity contribution in [3.05, 3.63) is 174 Å². The highest BCUT2D eigenvalue weighted by Crippen LogP contribution is 2.27. The van der Waals surface area contributed by atoms with Crippen molar-refractivity contribution in [1.82, 2.24) is 34.7 Å². The lowest BCUT2D eigenvalue weighted by Gasteiger charge is -2.11. The highest BCUT2D eigenvalue weighted by atomic mass is 32.2. The molecule has 0 atom stereocenters. The van der Waals surface area contributed by atoms with Crippen LogP contribution in [0.2, 0.25) is 0 Å². The third kappa shape index (κ3) is 8.05. The predicted octanol–water partition coefficient (Wildman–Crippen LogP) is 5.50. The van der Waals surface area contributed by atoms with Crippen LogP contribution >= 0.6 is 0 Å². The summed E-state index contributed by atoms with van der Waals surface area (Å²) in [6, 6.07) is 28.1. The van der Waals surface area contributed by atoms with Gasteiger partial charge in [0.25, 0.3) is 16.7 Å². The Morgan fingerprint density at radius 1 is 0.678 bits per heavy atom. The Bertz CT molecular complexity index is 3370. The van der Waals surface area contributed by atoms with Crippen LogP contribution in [0.1, 0.15) is 39.4 Å². The minimum Gasteiger partial charge on any atom is -0.382 e. The molecule has 0 unspecified atom stereocenters. The number of carbonyl (C=O) groups is 1. The number of hydrogen-bond acceptors (Lipinski definition) is 9. The summed E-state index contributed by atoms with van der Waals surface area (Å²) in [5.41, 5.74) is 7.04. The largest absolute Gasteiger partial charge is 0.382 e. The lowest BCUT2D eigenvalue weighted by Crippen LogP contribution is -2.30. The molecule has 9 rings (SSSR count). The fourth-order valence-electron chi connectivity index (χ4n) is 7.68. The van der Waals surface area contributed by atoms with Gasteiger partial charge in [0.15, 0.2) is 21.4 Å². The number of H-pyrrole nitrogens is 3. The minimum atomic E-state index is -3.48. The van der Waals surface area contributed by atoms with Gasteiger partial charge in [0.05, 0.1) is 22.2 Å². The number of aromatic nitrogens is 7. The van der Waals surface area contributed by atoms with Crippen molar-refractivity contribution >= 4 is 59.0 Å². The number of sulfone groups is 1. The Labute approximate surface area is 336 Å². The van der Waals surface area contributed by atoms with E-state index in [1.54, 1.807) is 18.2 Å². The number of fused-ring (bicyclic) bond motifs is 4. The van der Waals surface area contributed by atoms with E-state index in [1.807, 2.05) is 80.0 Å². The third-order valence-corrected chi connectivity index (χ3v) is 11.1. The lowest BCUT2D eigenvalue weighted by atomic mass is 10.0. The van der Waals surface area contributed by atoms with Crippen molar-refractivity contribution in [3.8, 4) is 0 Å². The van der Waals surface area contributed by atoms with Crippen LogP contribution in [-0.4, -0.2) is 60.9 Å². The Kier molecular flexibility index (Phi) is 10.3. The van der Waals surface area contributed by atoms with Crippen LogP contribution in [0.3, 0.4) is 0 Å². The molecule has 0 amide bonds. The van der Waals surface area contributed by atoms with Crippen LogP contribution in [0.15, 0.2) is 122 Å². The predicted molar refractivity (Wildman–Crippen MR) is 227 cm³/mol. The zero-order valence-electron chi connectivity index (χ0n) is 32.4. The summed E-state index contributed by atoms with van der Waals surface area (Å²) in [5.74, 6) is -0.838. The van der Waals surface area contributed by atoms with Gasteiger partial charge in [-0.1, -0.05) is 60.7 Å². The Hall–Kier alpha value is -7.13. The third-order valence-electron chi connectivity index (χ3n) is 10.2. The van der Waals surface area contributed by atoms with Gasteiger partial charge in [0, 0.05) is 70.1 Å². The van der Waals surface area contributed by atoms with Crippen molar-refractivity contribution in [2.45, 2.75) is 39.8 Å². The summed E-state index contributed by atoms with van der Waals surface area (Å²) < 4.78 is 30.4. The van der Waals surface area contributed by atoms with Gasteiger partial charge in [0.1, 0.15) is 18.8 Å². The number of Topliss-reactive ketones (excluding diaryl/α,β-unsaturated/α-hetero) is 1. The normalized spacial score (nSPS) is 11.7. The SMILES string of the molecule is Cc1cccc2[nH]cc(Cc3nn(CC(=O)CS(C)(=O)=O)c(=O)c4ccccc34)c12.Cc1cccc2[nH]cc(Cc3nn(Cc4cc(=O)[nH]o4)c(=O)c4ccccc34)c12. The Morgan fingerprint density at radius 3 is 1.66 bits per heavy atom.